The Hall–Kier alpha value is -2.12. The number of hydrogen-bond donors (Lipinski definition) is 1. The standard InChI is InChI=1S/C18H20ClFN2O3S/c1-12-4-5-13(2)17(10-12)22(26(3,24)25)9-8-18(23)21-14-6-7-16(20)15(19)11-14/h4-7,10-11H,8-9H2,1-3H3,(H,21,23). The summed E-state index contributed by atoms with van der Waals surface area (Å²) >= 11 is 5.68. The summed E-state index contributed by atoms with van der Waals surface area (Å²) in [6.07, 6.45) is 1.04. The zero-order chi connectivity index (χ0) is 19.5. The molecule has 0 saturated heterocycles. The van der Waals surface area contributed by atoms with E-state index in [4.69, 9.17) is 11.6 Å². The topological polar surface area (TPSA) is 66.5 Å². The number of carbonyl (C=O) groups is 1. The van der Waals surface area contributed by atoms with Gasteiger partial charge in [0.05, 0.1) is 17.0 Å². The van der Waals surface area contributed by atoms with Gasteiger partial charge < -0.3 is 5.32 Å². The van der Waals surface area contributed by atoms with Gasteiger partial charge >= 0.3 is 0 Å². The van der Waals surface area contributed by atoms with E-state index < -0.39 is 21.7 Å². The van der Waals surface area contributed by atoms with Crippen molar-refractivity contribution >= 4 is 38.9 Å². The van der Waals surface area contributed by atoms with Crippen molar-refractivity contribution in [2.75, 3.05) is 22.4 Å². The molecule has 0 aromatic heterocycles. The van der Waals surface area contributed by atoms with E-state index in [1.807, 2.05) is 26.0 Å². The van der Waals surface area contributed by atoms with E-state index in [1.54, 1.807) is 6.07 Å². The highest BCUT2D eigenvalue weighted by molar-refractivity contribution is 7.92. The van der Waals surface area contributed by atoms with Gasteiger partial charge in [-0.15, -0.1) is 0 Å². The number of anilines is 2. The van der Waals surface area contributed by atoms with Gasteiger partial charge in [-0.2, -0.15) is 0 Å². The second kappa shape index (κ2) is 8.05. The van der Waals surface area contributed by atoms with E-state index in [9.17, 15) is 17.6 Å². The van der Waals surface area contributed by atoms with Crippen LogP contribution in [0.15, 0.2) is 36.4 Å². The third-order valence-electron chi connectivity index (χ3n) is 3.78. The molecular weight excluding hydrogens is 379 g/mol. The molecule has 0 heterocycles. The van der Waals surface area contributed by atoms with Crippen LogP contribution in [-0.2, 0) is 14.8 Å². The van der Waals surface area contributed by atoms with Crippen LogP contribution in [0.25, 0.3) is 0 Å². The molecule has 0 bridgehead atoms. The molecule has 0 unspecified atom stereocenters. The molecule has 0 saturated carbocycles. The van der Waals surface area contributed by atoms with Crippen molar-refractivity contribution in [2.24, 2.45) is 0 Å². The van der Waals surface area contributed by atoms with E-state index in [2.05, 4.69) is 5.32 Å². The second-order valence-corrected chi connectivity index (χ2v) is 8.37. The lowest BCUT2D eigenvalue weighted by atomic mass is 10.1. The Kier molecular flexibility index (Phi) is 6.26. The summed E-state index contributed by atoms with van der Waals surface area (Å²) in [7, 11) is -3.56. The third-order valence-corrected chi connectivity index (χ3v) is 5.25. The SMILES string of the molecule is Cc1ccc(C)c(N(CCC(=O)Nc2ccc(F)c(Cl)c2)S(C)(=O)=O)c1. The Labute approximate surface area is 157 Å². The van der Waals surface area contributed by atoms with Crippen LogP contribution in [0.1, 0.15) is 17.5 Å². The van der Waals surface area contributed by atoms with E-state index in [0.29, 0.717) is 11.4 Å². The van der Waals surface area contributed by atoms with Crippen LogP contribution >= 0.6 is 11.6 Å². The van der Waals surface area contributed by atoms with Crippen molar-refractivity contribution in [1.29, 1.82) is 0 Å². The molecule has 2 aromatic rings. The maximum Gasteiger partial charge on any atom is 0.232 e. The lowest BCUT2D eigenvalue weighted by Crippen LogP contribution is -2.33. The van der Waals surface area contributed by atoms with Crippen molar-refractivity contribution in [3.63, 3.8) is 0 Å². The van der Waals surface area contributed by atoms with Crippen LogP contribution in [0.5, 0.6) is 0 Å². The molecule has 140 valence electrons. The second-order valence-electron chi connectivity index (χ2n) is 6.05. The van der Waals surface area contributed by atoms with Crippen LogP contribution in [0.4, 0.5) is 15.8 Å². The number of halogens is 2. The molecule has 8 heteroatoms. The van der Waals surface area contributed by atoms with Crippen molar-refractivity contribution in [2.45, 2.75) is 20.3 Å². The molecule has 0 aliphatic carbocycles. The van der Waals surface area contributed by atoms with Gasteiger partial charge in [0, 0.05) is 18.7 Å². The number of aryl methyl sites for hydroxylation is 2. The highest BCUT2D eigenvalue weighted by atomic mass is 35.5. The summed E-state index contributed by atoms with van der Waals surface area (Å²) < 4.78 is 38.7. The van der Waals surface area contributed by atoms with Gasteiger partial charge in [0.1, 0.15) is 5.82 Å². The first-order chi connectivity index (χ1) is 12.1. The molecule has 1 N–H and O–H groups in total. The molecule has 0 aliphatic rings. The summed E-state index contributed by atoms with van der Waals surface area (Å²) in [5, 5.41) is 2.48. The average molecular weight is 399 g/mol. The van der Waals surface area contributed by atoms with Crippen molar-refractivity contribution in [3.8, 4) is 0 Å². The van der Waals surface area contributed by atoms with Crippen LogP contribution in [-0.4, -0.2) is 27.1 Å². The molecule has 1 amide bonds. The van der Waals surface area contributed by atoms with Crippen molar-refractivity contribution in [1.82, 2.24) is 0 Å². The molecule has 0 atom stereocenters. The van der Waals surface area contributed by atoms with Crippen molar-refractivity contribution < 1.29 is 17.6 Å². The number of sulfonamides is 1. The van der Waals surface area contributed by atoms with Crippen LogP contribution in [0, 0.1) is 19.7 Å². The molecule has 0 fully saturated rings. The van der Waals surface area contributed by atoms with E-state index in [1.165, 1.54) is 16.4 Å². The summed E-state index contributed by atoms with van der Waals surface area (Å²) in [4.78, 5) is 12.2. The first-order valence-electron chi connectivity index (χ1n) is 7.88. The quantitative estimate of drug-likeness (QED) is 0.802. The molecule has 2 aromatic carbocycles. The molecule has 0 aliphatic heterocycles. The number of benzene rings is 2. The zero-order valence-electron chi connectivity index (χ0n) is 14.7. The lowest BCUT2D eigenvalue weighted by molar-refractivity contribution is -0.116. The van der Waals surface area contributed by atoms with E-state index >= 15 is 0 Å². The molecular formula is C18H20ClFN2O3S. The fourth-order valence-corrected chi connectivity index (χ4v) is 3.61. The maximum absolute atomic E-state index is 13.2. The largest absolute Gasteiger partial charge is 0.326 e. The Morgan fingerprint density at radius 3 is 2.50 bits per heavy atom. The molecule has 2 rings (SSSR count). The highest BCUT2D eigenvalue weighted by Crippen LogP contribution is 2.24. The van der Waals surface area contributed by atoms with Gasteiger partial charge in [0.2, 0.25) is 15.9 Å². The van der Waals surface area contributed by atoms with Crippen LogP contribution < -0.4 is 9.62 Å². The summed E-state index contributed by atoms with van der Waals surface area (Å²) in [5.74, 6) is -0.977. The third kappa shape index (κ3) is 5.19. The lowest BCUT2D eigenvalue weighted by Gasteiger charge is -2.24. The minimum atomic E-state index is -3.56. The average Bonchev–Trinajstić information content (AvgIpc) is 2.53. The Morgan fingerprint density at radius 2 is 1.88 bits per heavy atom. The van der Waals surface area contributed by atoms with E-state index in [0.717, 1.165) is 23.4 Å². The van der Waals surface area contributed by atoms with E-state index in [-0.39, 0.29) is 18.0 Å². The number of amides is 1. The highest BCUT2D eigenvalue weighted by Gasteiger charge is 2.20. The fourth-order valence-electron chi connectivity index (χ4n) is 2.45. The minimum Gasteiger partial charge on any atom is -0.326 e. The van der Waals surface area contributed by atoms with Gasteiger partial charge in [-0.25, -0.2) is 12.8 Å². The molecule has 0 spiro atoms. The Morgan fingerprint density at radius 1 is 1.19 bits per heavy atom. The number of carbonyl (C=O) groups excluding carboxylic acids is 1. The van der Waals surface area contributed by atoms with Crippen LogP contribution in [0.2, 0.25) is 5.02 Å². The Bertz CT molecular complexity index is 932. The van der Waals surface area contributed by atoms with Gasteiger partial charge in [-0.1, -0.05) is 23.7 Å². The fraction of sp³-hybridized carbons (Fsp3) is 0.278. The monoisotopic (exact) mass is 398 g/mol. The van der Waals surface area contributed by atoms with Gasteiger partial charge in [-0.3, -0.25) is 9.10 Å². The number of rotatable bonds is 6. The van der Waals surface area contributed by atoms with Gasteiger partial charge in [-0.05, 0) is 49.2 Å². The van der Waals surface area contributed by atoms with Crippen LogP contribution in [0.3, 0.4) is 0 Å². The number of nitrogens with zero attached hydrogens (tertiary/aromatic N) is 1. The predicted octanol–water partition coefficient (Wildman–Crippen LogP) is 3.89. The van der Waals surface area contributed by atoms with Crippen molar-refractivity contribution in [3.05, 3.63) is 58.4 Å². The minimum absolute atomic E-state index is 0.0100. The van der Waals surface area contributed by atoms with Gasteiger partial charge in [0.15, 0.2) is 0 Å². The summed E-state index contributed by atoms with van der Waals surface area (Å²) in [5.41, 5.74) is 2.61. The first-order valence-corrected chi connectivity index (χ1v) is 10.1. The molecule has 26 heavy (non-hydrogen) atoms. The smallest absolute Gasteiger partial charge is 0.232 e. The maximum atomic E-state index is 13.2. The molecule has 0 radical (unpaired) electrons. The molecule has 5 nitrogen and oxygen atoms in total. The van der Waals surface area contributed by atoms with Gasteiger partial charge in [0.25, 0.3) is 0 Å². The zero-order valence-corrected chi connectivity index (χ0v) is 16.3. The first kappa shape index (κ1) is 20.2. The predicted molar refractivity (Wildman–Crippen MR) is 103 cm³/mol. The summed E-state index contributed by atoms with van der Waals surface area (Å²) in [6, 6.07) is 9.34. The number of nitrogens with one attached hydrogen (secondary N) is 1. The number of hydrogen-bond acceptors (Lipinski definition) is 3. The summed E-state index contributed by atoms with van der Waals surface area (Å²) in [6.45, 7) is 3.67. The normalized spacial score (nSPS) is 11.3. The Balaban J connectivity index is 2.13.